The van der Waals surface area contributed by atoms with E-state index < -0.39 is 12.1 Å². The van der Waals surface area contributed by atoms with Gasteiger partial charge in [0.05, 0.1) is 11.6 Å². The Morgan fingerprint density at radius 1 is 1.15 bits per heavy atom. The van der Waals surface area contributed by atoms with Crippen LogP contribution in [0.4, 0.5) is 4.39 Å². The molecule has 0 saturated carbocycles. The van der Waals surface area contributed by atoms with Crippen LogP contribution in [0.2, 0.25) is 0 Å². The zero-order chi connectivity index (χ0) is 18.3. The molecule has 0 radical (unpaired) electrons. The molecule has 132 valence electrons. The summed E-state index contributed by atoms with van der Waals surface area (Å²) in [5, 5.41) is 9.69. The highest BCUT2D eigenvalue weighted by Gasteiger charge is 2.49. The van der Waals surface area contributed by atoms with Crippen molar-refractivity contribution < 1.29 is 9.13 Å². The van der Waals surface area contributed by atoms with Gasteiger partial charge in [0, 0.05) is 16.3 Å². The molecule has 0 spiro atoms. The minimum atomic E-state index is -0.538. The number of fused-ring (bicyclic) bond motifs is 1. The van der Waals surface area contributed by atoms with Crippen LogP contribution in [-0.2, 0) is 4.74 Å². The predicted octanol–water partition coefficient (Wildman–Crippen LogP) is 3.19. The van der Waals surface area contributed by atoms with Crippen LogP contribution in [0.15, 0.2) is 64.5 Å². The lowest BCUT2D eigenvalue weighted by molar-refractivity contribution is 0.0336. The molecule has 2 aliphatic rings. The Labute approximate surface area is 158 Å². The number of nitriles is 1. The number of nitrogens with two attached hydrogens (primary N) is 1. The van der Waals surface area contributed by atoms with Gasteiger partial charge in [-0.2, -0.15) is 5.26 Å². The van der Waals surface area contributed by atoms with E-state index in [0.29, 0.717) is 5.56 Å². The van der Waals surface area contributed by atoms with Crippen LogP contribution in [0.1, 0.15) is 23.1 Å². The fourth-order valence-electron chi connectivity index (χ4n) is 3.77. The number of hydrogen-bond donors (Lipinski definition) is 3. The second kappa shape index (κ2) is 6.72. The molecule has 7 heteroatoms. The van der Waals surface area contributed by atoms with Gasteiger partial charge in [0.25, 0.3) is 0 Å². The van der Waals surface area contributed by atoms with Gasteiger partial charge < -0.3 is 10.5 Å². The fourth-order valence-corrected chi connectivity index (χ4v) is 4.15. The number of hydrogen-bond acceptors (Lipinski definition) is 5. The third-order valence-electron chi connectivity index (χ3n) is 4.90. The average Bonchev–Trinajstić information content (AvgIpc) is 3.06. The average molecular weight is 415 g/mol. The van der Waals surface area contributed by atoms with E-state index in [9.17, 15) is 9.65 Å². The molecule has 0 amide bonds. The highest BCUT2D eigenvalue weighted by atomic mass is 79.9. The van der Waals surface area contributed by atoms with E-state index >= 15 is 0 Å². The summed E-state index contributed by atoms with van der Waals surface area (Å²) in [6, 6.07) is 16.5. The van der Waals surface area contributed by atoms with Crippen molar-refractivity contribution >= 4 is 15.9 Å². The Bertz CT molecular complexity index is 912. The summed E-state index contributed by atoms with van der Waals surface area (Å²) in [7, 11) is 0. The lowest BCUT2D eigenvalue weighted by atomic mass is 9.74. The van der Waals surface area contributed by atoms with Crippen LogP contribution < -0.4 is 16.6 Å². The van der Waals surface area contributed by atoms with Gasteiger partial charge in [0.2, 0.25) is 5.88 Å². The van der Waals surface area contributed by atoms with Crippen molar-refractivity contribution in [3.05, 3.63) is 81.4 Å². The van der Waals surface area contributed by atoms with Crippen molar-refractivity contribution in [1.82, 2.24) is 10.9 Å². The fraction of sp³-hybridized carbons (Fsp3) is 0.211. The highest BCUT2D eigenvalue weighted by molar-refractivity contribution is 9.10. The van der Waals surface area contributed by atoms with Gasteiger partial charge in [-0.3, -0.25) is 0 Å². The number of nitrogens with one attached hydrogen (secondary N) is 2. The van der Waals surface area contributed by atoms with Crippen molar-refractivity contribution in [2.24, 2.45) is 11.7 Å². The Kier molecular flexibility index (Phi) is 4.41. The molecule has 4 unspecified atom stereocenters. The molecule has 0 aromatic heterocycles. The number of ether oxygens (including phenoxy) is 1. The van der Waals surface area contributed by atoms with Gasteiger partial charge >= 0.3 is 0 Å². The van der Waals surface area contributed by atoms with Gasteiger partial charge in [0.1, 0.15) is 11.9 Å². The monoisotopic (exact) mass is 414 g/mol. The number of rotatable bonds is 2. The smallest absolute Gasteiger partial charge is 0.200 e. The van der Waals surface area contributed by atoms with E-state index in [1.54, 1.807) is 12.1 Å². The summed E-state index contributed by atoms with van der Waals surface area (Å²) >= 11 is 3.39. The third-order valence-corrected chi connectivity index (χ3v) is 5.40. The number of allylic oxidation sites excluding steroid dienone is 1. The number of hydrazine groups is 1. The van der Waals surface area contributed by atoms with E-state index in [4.69, 9.17) is 10.5 Å². The molecular formula is C19H16BrFN4O. The van der Waals surface area contributed by atoms with E-state index in [0.717, 1.165) is 10.0 Å². The van der Waals surface area contributed by atoms with Gasteiger partial charge in [-0.1, -0.05) is 46.3 Å². The molecule has 0 aliphatic carbocycles. The first-order valence-electron chi connectivity index (χ1n) is 8.17. The van der Waals surface area contributed by atoms with Gasteiger partial charge in [-0.25, -0.2) is 15.2 Å². The van der Waals surface area contributed by atoms with E-state index in [1.807, 2.05) is 30.3 Å². The first-order valence-corrected chi connectivity index (χ1v) is 8.97. The number of benzene rings is 2. The summed E-state index contributed by atoms with van der Waals surface area (Å²) in [5.41, 5.74) is 14.0. The third kappa shape index (κ3) is 2.76. The normalized spacial score (nSPS) is 27.6. The molecule has 4 rings (SSSR count). The van der Waals surface area contributed by atoms with Crippen LogP contribution in [0.25, 0.3) is 0 Å². The molecule has 2 aromatic carbocycles. The van der Waals surface area contributed by atoms with Crippen LogP contribution in [0.3, 0.4) is 0 Å². The maximum Gasteiger partial charge on any atom is 0.200 e. The minimum absolute atomic E-state index is 0.0288. The molecular weight excluding hydrogens is 399 g/mol. The van der Waals surface area contributed by atoms with E-state index in [-0.39, 0.29) is 29.2 Å². The highest BCUT2D eigenvalue weighted by Crippen LogP contribution is 2.48. The summed E-state index contributed by atoms with van der Waals surface area (Å²) < 4.78 is 21.2. The second-order valence-electron chi connectivity index (χ2n) is 6.33. The lowest BCUT2D eigenvalue weighted by Gasteiger charge is -2.36. The largest absolute Gasteiger partial charge is 0.458 e. The van der Waals surface area contributed by atoms with Crippen molar-refractivity contribution in [1.29, 1.82) is 5.26 Å². The Balaban J connectivity index is 1.87. The summed E-state index contributed by atoms with van der Waals surface area (Å²) in [5.74, 6) is -1.13. The first-order chi connectivity index (χ1) is 12.6. The van der Waals surface area contributed by atoms with Gasteiger partial charge in [-0.15, -0.1) is 0 Å². The van der Waals surface area contributed by atoms with Gasteiger partial charge in [0.15, 0.2) is 6.23 Å². The molecule has 4 N–H and O–H groups in total. The SMILES string of the molecule is N#CC1=C(N)OC2NNC(c3ccccc3)C2C1c1cc(Br)ccc1F. The summed E-state index contributed by atoms with van der Waals surface area (Å²) in [4.78, 5) is 0. The topological polar surface area (TPSA) is 83.1 Å². The molecule has 2 heterocycles. The molecule has 1 saturated heterocycles. The maximum atomic E-state index is 14.7. The number of nitrogens with zero attached hydrogens (tertiary/aromatic N) is 1. The summed E-state index contributed by atoms with van der Waals surface area (Å²) in [6.45, 7) is 0. The van der Waals surface area contributed by atoms with Crippen LogP contribution >= 0.6 is 15.9 Å². The molecule has 4 atom stereocenters. The second-order valence-corrected chi connectivity index (χ2v) is 7.24. The Morgan fingerprint density at radius 2 is 1.92 bits per heavy atom. The van der Waals surface area contributed by atoms with Crippen molar-refractivity contribution in [3.8, 4) is 6.07 Å². The first kappa shape index (κ1) is 17.0. The lowest BCUT2D eigenvalue weighted by Crippen LogP contribution is -2.41. The molecule has 0 bridgehead atoms. The van der Waals surface area contributed by atoms with Crippen LogP contribution in [0, 0.1) is 23.1 Å². The van der Waals surface area contributed by atoms with E-state index in [1.165, 1.54) is 6.07 Å². The van der Waals surface area contributed by atoms with Crippen LogP contribution in [-0.4, -0.2) is 6.23 Å². The molecule has 2 aliphatic heterocycles. The standard InChI is InChI=1S/C19H16BrFN4O/c20-11-6-7-14(21)12(8-11)15-13(9-22)18(23)26-19-16(15)17(24-25-19)10-4-2-1-3-5-10/h1-8,15-17,19,24-25H,23H2. The zero-order valence-corrected chi connectivity index (χ0v) is 15.2. The van der Waals surface area contributed by atoms with Gasteiger partial charge in [-0.05, 0) is 29.3 Å². The minimum Gasteiger partial charge on any atom is -0.458 e. The zero-order valence-electron chi connectivity index (χ0n) is 13.6. The van der Waals surface area contributed by atoms with Crippen molar-refractivity contribution in [2.45, 2.75) is 18.2 Å². The molecule has 1 fully saturated rings. The quantitative estimate of drug-likeness (QED) is 0.702. The number of halogens is 2. The molecule has 2 aromatic rings. The predicted molar refractivity (Wildman–Crippen MR) is 97.5 cm³/mol. The van der Waals surface area contributed by atoms with Crippen molar-refractivity contribution in [2.75, 3.05) is 0 Å². The van der Waals surface area contributed by atoms with E-state index in [2.05, 4.69) is 32.9 Å². The summed E-state index contributed by atoms with van der Waals surface area (Å²) in [6.07, 6.45) is -0.472. The molecule has 26 heavy (non-hydrogen) atoms. The Morgan fingerprint density at radius 3 is 2.65 bits per heavy atom. The Hall–Kier alpha value is -2.40. The van der Waals surface area contributed by atoms with Crippen molar-refractivity contribution in [3.63, 3.8) is 0 Å². The van der Waals surface area contributed by atoms with Crippen LogP contribution in [0.5, 0.6) is 0 Å². The molecule has 5 nitrogen and oxygen atoms in total. The maximum absolute atomic E-state index is 14.7.